The fourth-order valence-electron chi connectivity index (χ4n) is 1.80. The normalized spacial score (nSPS) is 33.7. The van der Waals surface area contributed by atoms with Gasteiger partial charge in [0.05, 0.1) is 0 Å². The van der Waals surface area contributed by atoms with E-state index in [1.807, 2.05) is 0 Å². The molecule has 1 aromatic carbocycles. The van der Waals surface area contributed by atoms with Gasteiger partial charge in [0.2, 0.25) is 6.29 Å². The maximum absolute atomic E-state index is 10.9. The van der Waals surface area contributed by atoms with E-state index < -0.39 is 36.7 Å². The van der Waals surface area contributed by atoms with Crippen LogP contribution in [0.5, 0.6) is 5.75 Å². The van der Waals surface area contributed by atoms with Gasteiger partial charge < -0.3 is 29.9 Å². The van der Waals surface area contributed by atoms with Crippen LogP contribution in [0.15, 0.2) is 24.3 Å². The Bertz CT molecular complexity index is 477. The average Bonchev–Trinajstić information content (AvgIpc) is 2.41. The summed E-state index contributed by atoms with van der Waals surface area (Å²) in [6.45, 7) is 0. The molecule has 1 saturated heterocycles. The molecule has 5 atom stereocenters. The lowest BCUT2D eigenvalue weighted by Gasteiger charge is -2.38. The molecular formula is C12H13ClO7. The second kappa shape index (κ2) is 5.94. The highest BCUT2D eigenvalue weighted by Crippen LogP contribution is 2.25. The zero-order valence-electron chi connectivity index (χ0n) is 10.1. The Morgan fingerprint density at radius 1 is 1.10 bits per heavy atom. The molecule has 1 aliphatic rings. The van der Waals surface area contributed by atoms with Crippen molar-refractivity contribution in [2.45, 2.75) is 30.7 Å². The number of ether oxygens (including phenoxy) is 2. The van der Waals surface area contributed by atoms with Crippen LogP contribution in [0, 0.1) is 0 Å². The molecule has 0 amide bonds. The van der Waals surface area contributed by atoms with Crippen LogP contribution in [0.4, 0.5) is 0 Å². The number of benzene rings is 1. The van der Waals surface area contributed by atoms with Crippen LogP contribution in [0.1, 0.15) is 0 Å². The first-order chi connectivity index (χ1) is 9.40. The van der Waals surface area contributed by atoms with Crippen molar-refractivity contribution >= 4 is 17.6 Å². The lowest BCUT2D eigenvalue weighted by molar-refractivity contribution is -0.271. The van der Waals surface area contributed by atoms with Gasteiger partial charge in [-0.2, -0.15) is 0 Å². The largest absolute Gasteiger partial charge is 0.479 e. The third kappa shape index (κ3) is 3.02. The highest BCUT2D eigenvalue weighted by atomic mass is 35.5. The zero-order chi connectivity index (χ0) is 14.9. The van der Waals surface area contributed by atoms with Gasteiger partial charge in [0.1, 0.15) is 24.1 Å². The summed E-state index contributed by atoms with van der Waals surface area (Å²) in [5.74, 6) is -1.20. The van der Waals surface area contributed by atoms with E-state index in [9.17, 15) is 20.1 Å². The Kier molecular flexibility index (Phi) is 4.46. The average molecular weight is 305 g/mol. The minimum absolute atomic E-state index is 0.270. The summed E-state index contributed by atoms with van der Waals surface area (Å²) in [4.78, 5) is 10.9. The molecule has 1 aliphatic heterocycles. The summed E-state index contributed by atoms with van der Waals surface area (Å²) in [7, 11) is 0. The number of carboxylic acid groups (broad SMARTS) is 1. The molecule has 0 saturated carbocycles. The monoisotopic (exact) mass is 304 g/mol. The maximum atomic E-state index is 10.9. The van der Waals surface area contributed by atoms with Gasteiger partial charge in [0.15, 0.2) is 6.10 Å². The van der Waals surface area contributed by atoms with E-state index in [0.29, 0.717) is 5.02 Å². The van der Waals surface area contributed by atoms with Crippen molar-refractivity contribution in [3.8, 4) is 5.75 Å². The molecule has 4 N–H and O–H groups in total. The van der Waals surface area contributed by atoms with Crippen molar-refractivity contribution in [1.29, 1.82) is 0 Å². The van der Waals surface area contributed by atoms with Crippen molar-refractivity contribution < 1.29 is 34.7 Å². The minimum atomic E-state index is -1.74. The first kappa shape index (κ1) is 15.0. The van der Waals surface area contributed by atoms with Crippen molar-refractivity contribution in [3.05, 3.63) is 29.3 Å². The minimum Gasteiger partial charge on any atom is -0.479 e. The molecule has 0 unspecified atom stereocenters. The number of aliphatic hydroxyl groups excluding tert-OH is 3. The molecule has 1 aromatic rings. The van der Waals surface area contributed by atoms with Gasteiger partial charge in [0.25, 0.3) is 0 Å². The number of aliphatic hydroxyl groups is 3. The van der Waals surface area contributed by atoms with Gasteiger partial charge in [-0.25, -0.2) is 4.79 Å². The molecule has 0 spiro atoms. The maximum Gasteiger partial charge on any atom is 0.335 e. The topological polar surface area (TPSA) is 116 Å². The summed E-state index contributed by atoms with van der Waals surface area (Å²) < 4.78 is 10.2. The molecule has 0 radical (unpaired) electrons. The summed E-state index contributed by atoms with van der Waals surface area (Å²) in [6.07, 6.45) is -8.13. The predicted octanol–water partition coefficient (Wildman–Crippen LogP) is -0.389. The van der Waals surface area contributed by atoms with Crippen molar-refractivity contribution in [3.63, 3.8) is 0 Å². The van der Waals surface area contributed by atoms with Gasteiger partial charge in [-0.15, -0.1) is 0 Å². The van der Waals surface area contributed by atoms with Crippen LogP contribution in [0.3, 0.4) is 0 Å². The number of hydrogen-bond acceptors (Lipinski definition) is 6. The predicted molar refractivity (Wildman–Crippen MR) is 66.4 cm³/mol. The van der Waals surface area contributed by atoms with Gasteiger partial charge in [0, 0.05) is 5.02 Å². The quantitative estimate of drug-likeness (QED) is 0.601. The third-order valence-corrected chi connectivity index (χ3v) is 3.13. The fraction of sp³-hybridized carbons (Fsp3) is 0.417. The molecule has 1 fully saturated rings. The molecule has 0 bridgehead atoms. The first-order valence-corrected chi connectivity index (χ1v) is 6.12. The molecule has 2 rings (SSSR count). The van der Waals surface area contributed by atoms with Gasteiger partial charge in [-0.1, -0.05) is 11.6 Å². The van der Waals surface area contributed by atoms with Crippen LogP contribution in [0.2, 0.25) is 5.02 Å². The van der Waals surface area contributed by atoms with Crippen molar-refractivity contribution in [1.82, 2.24) is 0 Å². The first-order valence-electron chi connectivity index (χ1n) is 5.75. The molecule has 0 aromatic heterocycles. The van der Waals surface area contributed by atoms with Crippen LogP contribution >= 0.6 is 11.6 Å². The lowest BCUT2D eigenvalue weighted by Crippen LogP contribution is -2.61. The lowest BCUT2D eigenvalue weighted by atomic mass is 9.99. The Morgan fingerprint density at radius 2 is 1.70 bits per heavy atom. The van der Waals surface area contributed by atoms with Crippen LogP contribution < -0.4 is 4.74 Å². The van der Waals surface area contributed by atoms with E-state index in [1.54, 1.807) is 0 Å². The van der Waals surface area contributed by atoms with E-state index in [0.717, 1.165) is 0 Å². The van der Waals surface area contributed by atoms with E-state index in [2.05, 4.69) is 0 Å². The molecule has 1 heterocycles. The van der Waals surface area contributed by atoms with Crippen LogP contribution in [-0.2, 0) is 9.53 Å². The number of hydrogen-bond donors (Lipinski definition) is 4. The summed E-state index contributed by atoms with van der Waals surface area (Å²) >= 11 is 5.70. The smallest absolute Gasteiger partial charge is 0.335 e. The third-order valence-electron chi connectivity index (χ3n) is 2.88. The Morgan fingerprint density at radius 3 is 2.25 bits per heavy atom. The van der Waals surface area contributed by atoms with E-state index >= 15 is 0 Å². The fourth-order valence-corrected chi connectivity index (χ4v) is 1.92. The Balaban J connectivity index is 2.13. The molecule has 20 heavy (non-hydrogen) atoms. The number of rotatable bonds is 3. The van der Waals surface area contributed by atoms with Crippen molar-refractivity contribution in [2.24, 2.45) is 0 Å². The van der Waals surface area contributed by atoms with Crippen molar-refractivity contribution in [2.75, 3.05) is 0 Å². The van der Waals surface area contributed by atoms with E-state index in [-0.39, 0.29) is 5.75 Å². The van der Waals surface area contributed by atoms with Gasteiger partial charge in [-0.05, 0) is 24.3 Å². The zero-order valence-corrected chi connectivity index (χ0v) is 10.8. The van der Waals surface area contributed by atoms with Gasteiger partial charge >= 0.3 is 5.97 Å². The van der Waals surface area contributed by atoms with Gasteiger partial charge in [-0.3, -0.25) is 0 Å². The van der Waals surface area contributed by atoms with E-state index in [4.69, 9.17) is 26.2 Å². The Hall–Kier alpha value is -1.38. The molecule has 8 heteroatoms. The number of aliphatic carboxylic acids is 1. The summed E-state index contributed by atoms with van der Waals surface area (Å²) in [5, 5.41) is 38.2. The van der Waals surface area contributed by atoms with E-state index in [1.165, 1.54) is 24.3 Å². The standard InChI is InChI=1S/C12H13ClO7/c13-5-1-3-6(4-2-5)19-12-9(16)7(14)8(15)10(20-12)11(17)18/h1-4,7-10,12,14-16H,(H,17,18)/t7-,8-,9+,10-,12+/m0/s1. The second-order valence-electron chi connectivity index (χ2n) is 4.31. The SMILES string of the molecule is O=C(O)[C@H]1O[C@@H](Oc2ccc(Cl)cc2)[C@H](O)[C@@H](O)[C@@H]1O. The van der Waals surface area contributed by atoms with Crippen LogP contribution in [0.25, 0.3) is 0 Å². The highest BCUT2D eigenvalue weighted by Gasteiger charge is 2.48. The number of carboxylic acids is 1. The van der Waals surface area contributed by atoms with Crippen LogP contribution in [-0.4, -0.2) is 57.1 Å². The molecular weight excluding hydrogens is 292 g/mol. The highest BCUT2D eigenvalue weighted by molar-refractivity contribution is 6.30. The molecule has 110 valence electrons. The second-order valence-corrected chi connectivity index (χ2v) is 4.74. The summed E-state index contributed by atoms with van der Waals surface area (Å²) in [6, 6.07) is 6.05. The Labute approximate surface area is 118 Å². The summed E-state index contributed by atoms with van der Waals surface area (Å²) in [5.41, 5.74) is 0. The number of halogens is 1. The number of carbonyl (C=O) groups is 1. The molecule has 0 aliphatic carbocycles. The molecule has 7 nitrogen and oxygen atoms in total.